The molecule has 2 aromatic heterocycles. The van der Waals surface area contributed by atoms with Gasteiger partial charge in [-0.25, -0.2) is 4.98 Å². The van der Waals surface area contributed by atoms with Crippen molar-refractivity contribution in [1.29, 1.82) is 5.26 Å². The molecule has 2 rings (SSSR count). The first-order valence-electron chi connectivity index (χ1n) is 5.60. The first-order valence-corrected chi connectivity index (χ1v) is 5.60. The Hall–Kier alpha value is -2.56. The zero-order valence-corrected chi connectivity index (χ0v) is 10.4. The lowest BCUT2D eigenvalue weighted by Gasteiger charge is -2.10. The van der Waals surface area contributed by atoms with E-state index in [9.17, 15) is 13.2 Å². The molecule has 0 saturated heterocycles. The maximum absolute atomic E-state index is 12.6. The topological polar surface area (TPSA) is 66.5 Å². The van der Waals surface area contributed by atoms with Gasteiger partial charge in [0.25, 0.3) is 0 Å². The SMILES string of the molecule is Cn1cc(CNc2nc(C(F)(F)F)ccc2C#N)cn1. The molecule has 0 aromatic carbocycles. The fraction of sp³-hybridized carbons (Fsp3) is 0.250. The molecule has 0 aliphatic carbocycles. The minimum absolute atomic E-state index is 0.0573. The zero-order chi connectivity index (χ0) is 14.8. The summed E-state index contributed by atoms with van der Waals surface area (Å²) in [6.45, 7) is 0.233. The summed E-state index contributed by atoms with van der Waals surface area (Å²) in [6, 6.07) is 3.69. The van der Waals surface area contributed by atoms with Crippen LogP contribution in [0.5, 0.6) is 0 Å². The Balaban J connectivity index is 2.23. The summed E-state index contributed by atoms with van der Waals surface area (Å²) in [5.41, 5.74) is -0.206. The summed E-state index contributed by atoms with van der Waals surface area (Å²) in [7, 11) is 1.73. The van der Waals surface area contributed by atoms with E-state index in [4.69, 9.17) is 5.26 Å². The van der Waals surface area contributed by atoms with Crippen LogP contribution >= 0.6 is 0 Å². The maximum atomic E-state index is 12.6. The van der Waals surface area contributed by atoms with Crippen LogP contribution in [-0.4, -0.2) is 14.8 Å². The van der Waals surface area contributed by atoms with Crippen molar-refractivity contribution in [2.24, 2.45) is 7.05 Å². The number of nitriles is 1. The Morgan fingerprint density at radius 1 is 1.40 bits per heavy atom. The Bertz CT molecular complexity index is 654. The quantitative estimate of drug-likeness (QED) is 0.937. The van der Waals surface area contributed by atoms with Crippen molar-refractivity contribution in [3.63, 3.8) is 0 Å². The Kier molecular flexibility index (Phi) is 3.61. The van der Waals surface area contributed by atoms with Crippen molar-refractivity contribution in [3.05, 3.63) is 41.3 Å². The molecule has 2 aromatic rings. The van der Waals surface area contributed by atoms with E-state index >= 15 is 0 Å². The molecule has 0 amide bonds. The van der Waals surface area contributed by atoms with Crippen molar-refractivity contribution in [1.82, 2.24) is 14.8 Å². The van der Waals surface area contributed by atoms with Crippen molar-refractivity contribution in [3.8, 4) is 6.07 Å². The summed E-state index contributed by atoms with van der Waals surface area (Å²) in [5.74, 6) is -0.0915. The van der Waals surface area contributed by atoms with Gasteiger partial charge in [0.05, 0.1) is 11.8 Å². The molecule has 0 aliphatic heterocycles. The van der Waals surface area contributed by atoms with Crippen molar-refractivity contribution < 1.29 is 13.2 Å². The highest BCUT2D eigenvalue weighted by molar-refractivity contribution is 5.52. The van der Waals surface area contributed by atoms with Crippen molar-refractivity contribution >= 4 is 5.82 Å². The van der Waals surface area contributed by atoms with Crippen molar-refractivity contribution in [2.75, 3.05) is 5.32 Å². The number of aryl methyl sites for hydroxylation is 1. The Labute approximate surface area is 112 Å². The minimum atomic E-state index is -4.54. The van der Waals surface area contributed by atoms with E-state index in [1.165, 1.54) is 0 Å². The van der Waals surface area contributed by atoms with Crippen LogP contribution in [0.15, 0.2) is 24.5 Å². The second-order valence-corrected chi connectivity index (χ2v) is 4.08. The number of pyridine rings is 1. The van der Waals surface area contributed by atoms with E-state index in [0.717, 1.165) is 17.7 Å². The third kappa shape index (κ3) is 3.06. The smallest absolute Gasteiger partial charge is 0.365 e. The van der Waals surface area contributed by atoms with Crippen LogP contribution in [0.1, 0.15) is 16.8 Å². The van der Waals surface area contributed by atoms with Gasteiger partial charge in [0, 0.05) is 25.4 Å². The van der Waals surface area contributed by atoms with E-state index in [-0.39, 0.29) is 17.9 Å². The number of nitrogens with one attached hydrogen (secondary N) is 1. The van der Waals surface area contributed by atoms with Crippen LogP contribution in [0.25, 0.3) is 0 Å². The molecule has 104 valence electrons. The molecule has 8 heteroatoms. The lowest BCUT2D eigenvalue weighted by molar-refractivity contribution is -0.141. The van der Waals surface area contributed by atoms with E-state index in [1.54, 1.807) is 30.2 Å². The molecule has 0 aliphatic rings. The Morgan fingerprint density at radius 2 is 2.15 bits per heavy atom. The molecular formula is C12H10F3N5. The van der Waals surface area contributed by atoms with Gasteiger partial charge in [0.2, 0.25) is 0 Å². The molecule has 0 fully saturated rings. The third-order valence-corrected chi connectivity index (χ3v) is 2.52. The van der Waals surface area contributed by atoms with Crippen LogP contribution in [0.3, 0.4) is 0 Å². The van der Waals surface area contributed by atoms with E-state index in [2.05, 4.69) is 15.4 Å². The highest BCUT2D eigenvalue weighted by Gasteiger charge is 2.33. The molecule has 0 radical (unpaired) electrons. The molecule has 1 N–H and O–H groups in total. The summed E-state index contributed by atoms with van der Waals surface area (Å²) >= 11 is 0. The molecule has 0 atom stereocenters. The first-order chi connectivity index (χ1) is 9.40. The lowest BCUT2D eigenvalue weighted by Crippen LogP contribution is -2.11. The highest BCUT2D eigenvalue weighted by Crippen LogP contribution is 2.29. The van der Waals surface area contributed by atoms with Gasteiger partial charge in [0.1, 0.15) is 17.6 Å². The zero-order valence-electron chi connectivity index (χ0n) is 10.4. The first kappa shape index (κ1) is 13.9. The van der Waals surface area contributed by atoms with Crippen LogP contribution in [0.2, 0.25) is 0 Å². The molecular weight excluding hydrogens is 271 g/mol. The van der Waals surface area contributed by atoms with Gasteiger partial charge < -0.3 is 5.32 Å². The van der Waals surface area contributed by atoms with Gasteiger partial charge in [-0.15, -0.1) is 0 Å². The largest absolute Gasteiger partial charge is 0.433 e. The van der Waals surface area contributed by atoms with E-state index in [1.807, 2.05) is 0 Å². The number of hydrogen-bond acceptors (Lipinski definition) is 4. The number of anilines is 1. The van der Waals surface area contributed by atoms with Crippen LogP contribution in [0.4, 0.5) is 19.0 Å². The summed E-state index contributed by atoms with van der Waals surface area (Å²) in [5, 5.41) is 15.5. The fourth-order valence-corrected chi connectivity index (χ4v) is 1.59. The summed E-state index contributed by atoms with van der Waals surface area (Å²) in [6.07, 6.45) is -1.25. The molecule has 5 nitrogen and oxygen atoms in total. The van der Waals surface area contributed by atoms with Gasteiger partial charge in [0.15, 0.2) is 0 Å². The number of hydrogen-bond donors (Lipinski definition) is 1. The van der Waals surface area contributed by atoms with Gasteiger partial charge in [-0.05, 0) is 12.1 Å². The third-order valence-electron chi connectivity index (χ3n) is 2.52. The number of nitrogens with zero attached hydrogens (tertiary/aromatic N) is 4. The number of rotatable bonds is 3. The average molecular weight is 281 g/mol. The Morgan fingerprint density at radius 3 is 2.70 bits per heavy atom. The van der Waals surface area contributed by atoms with Crippen LogP contribution in [-0.2, 0) is 19.8 Å². The predicted octanol–water partition coefficient (Wildman–Crippen LogP) is 2.32. The molecule has 0 spiro atoms. The highest BCUT2D eigenvalue weighted by atomic mass is 19.4. The van der Waals surface area contributed by atoms with Crippen LogP contribution < -0.4 is 5.32 Å². The number of alkyl halides is 3. The second-order valence-electron chi connectivity index (χ2n) is 4.08. The lowest BCUT2D eigenvalue weighted by atomic mass is 10.2. The monoisotopic (exact) mass is 281 g/mol. The molecule has 0 unspecified atom stereocenters. The minimum Gasteiger partial charge on any atom is -0.365 e. The predicted molar refractivity (Wildman–Crippen MR) is 64.5 cm³/mol. The van der Waals surface area contributed by atoms with E-state index in [0.29, 0.717) is 0 Å². The van der Waals surface area contributed by atoms with Gasteiger partial charge in [-0.2, -0.15) is 23.5 Å². The van der Waals surface area contributed by atoms with Crippen molar-refractivity contribution in [2.45, 2.75) is 12.7 Å². The molecule has 0 saturated carbocycles. The second kappa shape index (κ2) is 5.21. The van der Waals surface area contributed by atoms with Gasteiger partial charge in [-0.1, -0.05) is 0 Å². The number of aromatic nitrogens is 3. The van der Waals surface area contributed by atoms with Gasteiger partial charge >= 0.3 is 6.18 Å². The fourth-order valence-electron chi connectivity index (χ4n) is 1.59. The molecule has 0 bridgehead atoms. The maximum Gasteiger partial charge on any atom is 0.433 e. The number of halogens is 3. The van der Waals surface area contributed by atoms with Crippen LogP contribution in [0, 0.1) is 11.3 Å². The van der Waals surface area contributed by atoms with Gasteiger partial charge in [-0.3, -0.25) is 4.68 Å². The average Bonchev–Trinajstić information content (AvgIpc) is 2.80. The standard InChI is InChI=1S/C12H10F3N5/c1-20-7-8(6-18-20)5-17-11-9(4-16)2-3-10(19-11)12(13,14)15/h2-3,6-7H,5H2,1H3,(H,17,19). The summed E-state index contributed by atoms with van der Waals surface area (Å²) in [4.78, 5) is 3.45. The normalized spacial score (nSPS) is 11.2. The summed E-state index contributed by atoms with van der Waals surface area (Å²) < 4.78 is 39.3. The molecule has 2 heterocycles. The molecule has 20 heavy (non-hydrogen) atoms. The van der Waals surface area contributed by atoms with E-state index < -0.39 is 11.9 Å².